The third kappa shape index (κ3) is 4.60. The van der Waals surface area contributed by atoms with Crippen LogP contribution in [-0.4, -0.2) is 78.9 Å². The van der Waals surface area contributed by atoms with E-state index in [1.165, 1.54) is 12.8 Å². The number of nitrogens with one attached hydrogen (secondary N) is 2. The Bertz CT molecular complexity index is 1220. The second-order valence-corrected chi connectivity index (χ2v) is 9.87. The topological polar surface area (TPSA) is 130 Å². The van der Waals surface area contributed by atoms with Crippen LogP contribution in [0, 0.1) is 0 Å². The summed E-state index contributed by atoms with van der Waals surface area (Å²) in [7, 11) is 0. The Kier molecular flexibility index (Phi) is 6.41. The van der Waals surface area contributed by atoms with E-state index >= 15 is 0 Å². The van der Waals surface area contributed by atoms with Crippen molar-refractivity contribution in [2.45, 2.75) is 63.1 Å². The van der Waals surface area contributed by atoms with Crippen LogP contribution in [0.15, 0.2) is 24.7 Å². The summed E-state index contributed by atoms with van der Waals surface area (Å²) in [5, 5.41) is 17.0. The van der Waals surface area contributed by atoms with E-state index in [-0.39, 0.29) is 11.9 Å². The lowest BCUT2D eigenvalue weighted by molar-refractivity contribution is 0.0299. The maximum absolute atomic E-state index is 12.7. The van der Waals surface area contributed by atoms with Gasteiger partial charge in [-0.1, -0.05) is 12.8 Å². The van der Waals surface area contributed by atoms with Crippen molar-refractivity contribution in [3.63, 3.8) is 0 Å². The van der Waals surface area contributed by atoms with Crippen molar-refractivity contribution in [3.8, 4) is 0 Å². The molecule has 3 aliphatic rings. The number of anilines is 3. The molecule has 3 N–H and O–H groups in total. The molecule has 4 heterocycles. The Morgan fingerprint density at radius 1 is 1.03 bits per heavy atom. The molecule has 0 spiro atoms. The van der Waals surface area contributed by atoms with Crippen LogP contribution < -0.4 is 10.6 Å². The van der Waals surface area contributed by atoms with Crippen LogP contribution in [0.3, 0.4) is 0 Å². The van der Waals surface area contributed by atoms with Gasteiger partial charge in [0.2, 0.25) is 5.95 Å². The van der Waals surface area contributed by atoms with Crippen molar-refractivity contribution < 1.29 is 14.6 Å². The maximum Gasteiger partial charge on any atom is 0.272 e. The van der Waals surface area contributed by atoms with Crippen LogP contribution in [0.5, 0.6) is 0 Å². The summed E-state index contributed by atoms with van der Waals surface area (Å²) >= 11 is 0. The number of aliphatic hydroxyl groups excluding tert-OH is 1. The molecule has 0 radical (unpaired) electrons. The lowest BCUT2D eigenvalue weighted by atomic mass is 10.2. The maximum atomic E-state index is 12.7. The van der Waals surface area contributed by atoms with Gasteiger partial charge in [0.15, 0.2) is 17.0 Å². The van der Waals surface area contributed by atoms with E-state index in [0.717, 1.165) is 37.8 Å². The van der Waals surface area contributed by atoms with E-state index in [9.17, 15) is 9.90 Å². The largest absolute Gasteiger partial charge is 0.391 e. The summed E-state index contributed by atoms with van der Waals surface area (Å²) in [6.45, 7) is 2.26. The molecular weight excluding hydrogens is 460 g/mol. The van der Waals surface area contributed by atoms with Crippen molar-refractivity contribution in [2.24, 2.45) is 0 Å². The Morgan fingerprint density at radius 2 is 1.86 bits per heavy atom. The summed E-state index contributed by atoms with van der Waals surface area (Å²) in [6, 6.07) is 3.88. The van der Waals surface area contributed by atoms with Crippen molar-refractivity contribution in [2.75, 3.05) is 36.9 Å². The van der Waals surface area contributed by atoms with Gasteiger partial charge in [-0.05, 0) is 44.2 Å². The number of hydrogen-bond donors (Lipinski definition) is 3. The predicted octanol–water partition coefficient (Wildman–Crippen LogP) is 2.88. The summed E-state index contributed by atoms with van der Waals surface area (Å²) in [6.07, 6.45) is 10.4. The third-order valence-corrected chi connectivity index (χ3v) is 7.48. The molecule has 1 saturated heterocycles. The molecule has 2 aliphatic carbocycles. The quantitative estimate of drug-likeness (QED) is 0.475. The molecule has 3 fully saturated rings. The first-order chi connectivity index (χ1) is 17.7. The van der Waals surface area contributed by atoms with Crippen LogP contribution in [0.2, 0.25) is 0 Å². The Hall–Kier alpha value is -3.31. The molecule has 0 bridgehead atoms. The van der Waals surface area contributed by atoms with Gasteiger partial charge in [0, 0.05) is 19.1 Å². The van der Waals surface area contributed by atoms with E-state index in [2.05, 4.69) is 25.2 Å². The second kappa shape index (κ2) is 9.98. The smallest absolute Gasteiger partial charge is 0.272 e. The van der Waals surface area contributed by atoms with Gasteiger partial charge in [-0.15, -0.1) is 0 Å². The highest BCUT2D eigenvalue weighted by molar-refractivity contribution is 5.93. The lowest BCUT2D eigenvalue weighted by Gasteiger charge is -2.26. The Balaban J connectivity index is 1.28. The number of hydrogen-bond acceptors (Lipinski definition) is 9. The standard InChI is InChI=1S/C25H32N8O3/c34-20-7-3-6-18(20)29-25-30-22(21-23(31-25)33(15-27-21)17-4-1-2-5-17)28-16-8-9-19(26-14-16)24(35)32-10-12-36-13-11-32/h8-9,14-15,17-18,20,34H,1-7,10-13H2,(H2,28,29,30,31). The number of amides is 1. The average molecular weight is 493 g/mol. The molecule has 6 rings (SSSR count). The number of fused-ring (bicyclic) bond motifs is 1. The summed E-state index contributed by atoms with van der Waals surface area (Å²) < 4.78 is 7.50. The first-order valence-electron chi connectivity index (χ1n) is 12.9. The van der Waals surface area contributed by atoms with Crippen LogP contribution in [0.4, 0.5) is 17.5 Å². The number of imidazole rings is 1. The van der Waals surface area contributed by atoms with Crippen molar-refractivity contribution in [1.82, 2.24) is 29.4 Å². The zero-order valence-electron chi connectivity index (χ0n) is 20.3. The molecule has 2 saturated carbocycles. The fraction of sp³-hybridized carbons (Fsp3) is 0.560. The number of rotatable bonds is 6. The van der Waals surface area contributed by atoms with E-state index in [0.29, 0.717) is 61.0 Å². The lowest BCUT2D eigenvalue weighted by Crippen LogP contribution is -2.41. The first-order valence-corrected chi connectivity index (χ1v) is 12.9. The molecule has 11 nitrogen and oxygen atoms in total. The molecule has 0 aromatic carbocycles. The van der Waals surface area contributed by atoms with Crippen molar-refractivity contribution >= 4 is 34.5 Å². The predicted molar refractivity (Wildman–Crippen MR) is 134 cm³/mol. The third-order valence-electron chi connectivity index (χ3n) is 7.48. The Labute approximate surface area is 209 Å². The number of carbonyl (C=O) groups is 1. The molecular formula is C25H32N8O3. The van der Waals surface area contributed by atoms with Crippen LogP contribution in [0.25, 0.3) is 11.2 Å². The highest BCUT2D eigenvalue weighted by Crippen LogP contribution is 2.34. The SMILES string of the molecule is O=C(c1ccc(Nc2nc(NC3CCCC3O)nc3c2ncn3C2CCCC2)cn1)N1CCOCC1. The minimum atomic E-state index is -0.402. The molecule has 2 atom stereocenters. The van der Waals surface area contributed by atoms with Crippen LogP contribution in [-0.2, 0) is 4.74 Å². The summed E-state index contributed by atoms with van der Waals surface area (Å²) in [5.74, 6) is 0.953. The van der Waals surface area contributed by atoms with E-state index < -0.39 is 6.10 Å². The highest BCUT2D eigenvalue weighted by Gasteiger charge is 2.27. The van der Waals surface area contributed by atoms with Crippen molar-refractivity contribution in [3.05, 3.63) is 30.4 Å². The average Bonchev–Trinajstić information content (AvgIpc) is 3.67. The molecule has 2 unspecified atom stereocenters. The van der Waals surface area contributed by atoms with Gasteiger partial charge in [-0.2, -0.15) is 9.97 Å². The number of carbonyl (C=O) groups excluding carboxylic acids is 1. The number of ether oxygens (including phenoxy) is 1. The normalized spacial score (nSPS) is 22.9. The molecule has 36 heavy (non-hydrogen) atoms. The van der Waals surface area contributed by atoms with E-state index in [4.69, 9.17) is 14.7 Å². The minimum absolute atomic E-state index is 0.0645. The number of nitrogens with zero attached hydrogens (tertiary/aromatic N) is 6. The number of aromatic nitrogens is 5. The summed E-state index contributed by atoms with van der Waals surface area (Å²) in [5.41, 5.74) is 2.57. The van der Waals surface area contributed by atoms with Gasteiger partial charge in [-0.3, -0.25) is 4.79 Å². The second-order valence-electron chi connectivity index (χ2n) is 9.87. The zero-order valence-corrected chi connectivity index (χ0v) is 20.3. The van der Waals surface area contributed by atoms with Crippen LogP contribution in [0.1, 0.15) is 61.5 Å². The van der Waals surface area contributed by atoms with Gasteiger partial charge in [-0.25, -0.2) is 9.97 Å². The molecule has 1 aliphatic heterocycles. The molecule has 190 valence electrons. The zero-order chi connectivity index (χ0) is 24.5. The molecule has 1 amide bonds. The van der Waals surface area contributed by atoms with Gasteiger partial charge in [0.05, 0.1) is 43.6 Å². The fourth-order valence-corrected chi connectivity index (χ4v) is 5.45. The number of pyridine rings is 1. The number of morpholine rings is 1. The number of aliphatic hydroxyl groups is 1. The van der Waals surface area contributed by atoms with Gasteiger partial charge < -0.3 is 29.9 Å². The highest BCUT2D eigenvalue weighted by atomic mass is 16.5. The van der Waals surface area contributed by atoms with Crippen LogP contribution >= 0.6 is 0 Å². The monoisotopic (exact) mass is 492 g/mol. The van der Waals surface area contributed by atoms with E-state index in [1.807, 2.05) is 12.4 Å². The summed E-state index contributed by atoms with van der Waals surface area (Å²) in [4.78, 5) is 33.1. The first kappa shape index (κ1) is 23.1. The molecule has 3 aromatic rings. The van der Waals surface area contributed by atoms with Gasteiger partial charge in [0.25, 0.3) is 5.91 Å². The van der Waals surface area contributed by atoms with Crippen molar-refractivity contribution in [1.29, 1.82) is 0 Å². The molecule has 3 aromatic heterocycles. The minimum Gasteiger partial charge on any atom is -0.391 e. The fourth-order valence-electron chi connectivity index (χ4n) is 5.45. The molecule has 11 heteroatoms. The van der Waals surface area contributed by atoms with Gasteiger partial charge in [0.1, 0.15) is 5.69 Å². The van der Waals surface area contributed by atoms with Gasteiger partial charge >= 0.3 is 0 Å². The Morgan fingerprint density at radius 3 is 2.58 bits per heavy atom. The van der Waals surface area contributed by atoms with E-state index in [1.54, 1.807) is 17.2 Å².